The lowest BCUT2D eigenvalue weighted by Gasteiger charge is -2.31. The number of esters is 1. The van der Waals surface area contributed by atoms with Crippen molar-refractivity contribution in [3.05, 3.63) is 0 Å². The average molecular weight is 298 g/mol. The standard InChI is InChI=1S/C17H34N2O2/c1-5-8-12-19(13-9-6-2)15-10-11-17(14-15,18-4)16(20)21-7-3/h15,18H,5-14H2,1-4H3. The molecule has 0 spiro atoms. The van der Waals surface area contributed by atoms with Gasteiger partial charge in [0.15, 0.2) is 0 Å². The Morgan fingerprint density at radius 1 is 1.24 bits per heavy atom. The number of likely N-dealkylation sites (N-methyl/N-ethyl adjacent to an activating group) is 1. The zero-order valence-corrected chi connectivity index (χ0v) is 14.4. The predicted molar refractivity (Wildman–Crippen MR) is 87.5 cm³/mol. The molecule has 4 heteroatoms. The molecule has 2 unspecified atom stereocenters. The first-order valence-corrected chi connectivity index (χ1v) is 8.73. The number of unbranched alkanes of at least 4 members (excludes halogenated alkanes) is 2. The summed E-state index contributed by atoms with van der Waals surface area (Å²) in [6.07, 6.45) is 7.80. The Hall–Kier alpha value is -0.610. The van der Waals surface area contributed by atoms with Crippen molar-refractivity contribution in [1.82, 2.24) is 10.2 Å². The molecule has 0 aromatic rings. The molecule has 0 bridgehead atoms. The molecule has 1 fully saturated rings. The van der Waals surface area contributed by atoms with Crippen molar-refractivity contribution in [2.75, 3.05) is 26.7 Å². The quantitative estimate of drug-likeness (QED) is 0.630. The fraction of sp³-hybridized carbons (Fsp3) is 0.941. The van der Waals surface area contributed by atoms with Gasteiger partial charge in [-0.2, -0.15) is 0 Å². The van der Waals surface area contributed by atoms with E-state index < -0.39 is 5.54 Å². The lowest BCUT2D eigenvalue weighted by molar-refractivity contribution is -0.151. The van der Waals surface area contributed by atoms with Gasteiger partial charge in [-0.25, -0.2) is 0 Å². The van der Waals surface area contributed by atoms with Gasteiger partial charge >= 0.3 is 5.97 Å². The maximum Gasteiger partial charge on any atom is 0.326 e. The van der Waals surface area contributed by atoms with E-state index in [-0.39, 0.29) is 5.97 Å². The summed E-state index contributed by atoms with van der Waals surface area (Å²) < 4.78 is 5.29. The molecule has 0 heterocycles. The molecule has 0 aromatic carbocycles. The van der Waals surface area contributed by atoms with Crippen LogP contribution in [0.15, 0.2) is 0 Å². The van der Waals surface area contributed by atoms with Gasteiger partial charge in [-0.05, 0) is 59.2 Å². The monoisotopic (exact) mass is 298 g/mol. The highest BCUT2D eigenvalue weighted by molar-refractivity contribution is 5.81. The topological polar surface area (TPSA) is 41.6 Å². The zero-order chi connectivity index (χ0) is 15.7. The summed E-state index contributed by atoms with van der Waals surface area (Å²) in [6.45, 7) is 9.13. The van der Waals surface area contributed by atoms with Gasteiger partial charge in [0.2, 0.25) is 0 Å². The van der Waals surface area contributed by atoms with Gasteiger partial charge in [-0.15, -0.1) is 0 Å². The first-order valence-electron chi connectivity index (χ1n) is 8.73. The van der Waals surface area contributed by atoms with Gasteiger partial charge in [-0.3, -0.25) is 4.79 Å². The van der Waals surface area contributed by atoms with E-state index in [1.54, 1.807) is 0 Å². The molecule has 0 aromatic heterocycles. The SMILES string of the molecule is CCCCN(CCCC)C1CCC(NC)(C(=O)OCC)C1. The Balaban J connectivity index is 2.67. The van der Waals surface area contributed by atoms with Crippen molar-refractivity contribution in [2.24, 2.45) is 0 Å². The van der Waals surface area contributed by atoms with Gasteiger partial charge in [0.1, 0.15) is 5.54 Å². The maximum absolute atomic E-state index is 12.3. The van der Waals surface area contributed by atoms with Crippen molar-refractivity contribution in [1.29, 1.82) is 0 Å². The minimum absolute atomic E-state index is 0.0686. The third-order valence-electron chi connectivity index (χ3n) is 4.75. The second kappa shape index (κ2) is 9.42. The fourth-order valence-corrected chi connectivity index (χ4v) is 3.31. The highest BCUT2D eigenvalue weighted by Crippen LogP contribution is 2.34. The molecule has 1 rings (SSSR count). The zero-order valence-electron chi connectivity index (χ0n) is 14.4. The van der Waals surface area contributed by atoms with Crippen LogP contribution in [0.4, 0.5) is 0 Å². The molecule has 124 valence electrons. The summed E-state index contributed by atoms with van der Waals surface area (Å²) in [7, 11) is 1.89. The van der Waals surface area contributed by atoms with Gasteiger partial charge < -0.3 is 15.0 Å². The number of hydrogen-bond acceptors (Lipinski definition) is 4. The molecule has 1 saturated carbocycles. The van der Waals surface area contributed by atoms with Crippen LogP contribution in [-0.2, 0) is 9.53 Å². The van der Waals surface area contributed by atoms with E-state index in [2.05, 4.69) is 24.1 Å². The van der Waals surface area contributed by atoms with Crippen LogP contribution in [0.3, 0.4) is 0 Å². The highest BCUT2D eigenvalue weighted by Gasteiger charge is 2.46. The van der Waals surface area contributed by atoms with Gasteiger partial charge in [0, 0.05) is 6.04 Å². The highest BCUT2D eigenvalue weighted by atomic mass is 16.5. The van der Waals surface area contributed by atoms with Crippen molar-refractivity contribution >= 4 is 5.97 Å². The third-order valence-corrected chi connectivity index (χ3v) is 4.75. The van der Waals surface area contributed by atoms with Crippen LogP contribution in [0.2, 0.25) is 0 Å². The number of nitrogens with one attached hydrogen (secondary N) is 1. The number of nitrogens with zero attached hydrogens (tertiary/aromatic N) is 1. The molecule has 0 amide bonds. The van der Waals surface area contributed by atoms with E-state index in [0.29, 0.717) is 12.6 Å². The number of ether oxygens (including phenoxy) is 1. The lowest BCUT2D eigenvalue weighted by Crippen LogP contribution is -2.50. The van der Waals surface area contributed by atoms with Crippen molar-refractivity contribution in [2.45, 2.75) is 77.3 Å². The summed E-state index contributed by atoms with van der Waals surface area (Å²) >= 11 is 0. The van der Waals surface area contributed by atoms with Crippen molar-refractivity contribution in [3.8, 4) is 0 Å². The molecule has 0 saturated heterocycles. The van der Waals surface area contributed by atoms with Crippen molar-refractivity contribution in [3.63, 3.8) is 0 Å². The van der Waals surface area contributed by atoms with Crippen LogP contribution in [-0.4, -0.2) is 49.2 Å². The second-order valence-electron chi connectivity index (χ2n) is 6.19. The van der Waals surface area contributed by atoms with Crippen molar-refractivity contribution < 1.29 is 9.53 Å². The maximum atomic E-state index is 12.3. The van der Waals surface area contributed by atoms with Gasteiger partial charge in [0.25, 0.3) is 0 Å². The number of rotatable bonds is 10. The van der Waals surface area contributed by atoms with E-state index in [4.69, 9.17) is 4.74 Å². The van der Waals surface area contributed by atoms with Crippen LogP contribution in [0.25, 0.3) is 0 Å². The van der Waals surface area contributed by atoms with E-state index in [9.17, 15) is 4.79 Å². The van der Waals surface area contributed by atoms with Crippen LogP contribution in [0, 0.1) is 0 Å². The van der Waals surface area contributed by atoms with Crippen LogP contribution in [0.1, 0.15) is 65.7 Å². The minimum Gasteiger partial charge on any atom is -0.465 e. The summed E-state index contributed by atoms with van der Waals surface area (Å²) in [5.74, 6) is -0.0686. The van der Waals surface area contributed by atoms with E-state index in [1.165, 1.54) is 25.7 Å². The van der Waals surface area contributed by atoms with Crippen LogP contribution >= 0.6 is 0 Å². The molecule has 4 nitrogen and oxygen atoms in total. The molecule has 0 aliphatic heterocycles. The Kier molecular flexibility index (Phi) is 8.27. The first kappa shape index (κ1) is 18.4. The van der Waals surface area contributed by atoms with Crippen LogP contribution in [0.5, 0.6) is 0 Å². The third kappa shape index (κ3) is 4.96. The number of carbonyl (C=O) groups is 1. The molecule has 0 radical (unpaired) electrons. The van der Waals surface area contributed by atoms with E-state index in [0.717, 1.165) is 32.4 Å². The number of hydrogen-bond donors (Lipinski definition) is 1. The van der Waals surface area contributed by atoms with E-state index >= 15 is 0 Å². The normalized spacial score (nSPS) is 25.5. The second-order valence-corrected chi connectivity index (χ2v) is 6.19. The molecular formula is C17H34N2O2. The molecule has 21 heavy (non-hydrogen) atoms. The van der Waals surface area contributed by atoms with Gasteiger partial charge in [0.05, 0.1) is 6.61 Å². The summed E-state index contributed by atoms with van der Waals surface area (Å²) in [5.41, 5.74) is -0.461. The fourth-order valence-electron chi connectivity index (χ4n) is 3.31. The lowest BCUT2D eigenvalue weighted by atomic mass is 9.97. The van der Waals surface area contributed by atoms with Crippen LogP contribution < -0.4 is 5.32 Å². The van der Waals surface area contributed by atoms with E-state index in [1.807, 2.05) is 14.0 Å². The Labute approximate surface area is 130 Å². The molecule has 1 aliphatic carbocycles. The summed E-state index contributed by atoms with van der Waals surface area (Å²) in [6, 6.07) is 0.514. The predicted octanol–water partition coefficient (Wildman–Crippen LogP) is 2.96. The Morgan fingerprint density at radius 3 is 2.33 bits per heavy atom. The Bertz CT molecular complexity index is 301. The molecule has 1 N–H and O–H groups in total. The largest absolute Gasteiger partial charge is 0.465 e. The molecule has 2 atom stereocenters. The Morgan fingerprint density at radius 2 is 1.86 bits per heavy atom. The first-order chi connectivity index (χ1) is 10.1. The summed E-state index contributed by atoms with van der Waals surface area (Å²) in [5, 5.41) is 3.26. The minimum atomic E-state index is -0.461. The summed E-state index contributed by atoms with van der Waals surface area (Å²) in [4.78, 5) is 14.9. The number of carbonyl (C=O) groups excluding carboxylic acids is 1. The van der Waals surface area contributed by atoms with Gasteiger partial charge in [-0.1, -0.05) is 26.7 Å². The smallest absolute Gasteiger partial charge is 0.326 e. The average Bonchev–Trinajstić information content (AvgIpc) is 2.93. The molecular weight excluding hydrogens is 264 g/mol. The molecule has 1 aliphatic rings.